The molecule has 1 heterocycles. The third-order valence-electron chi connectivity index (χ3n) is 5.89. The quantitative estimate of drug-likeness (QED) is 0.615. The molecule has 3 rings (SSSR count). The van der Waals surface area contributed by atoms with Crippen LogP contribution in [0.25, 0.3) is 0 Å². The number of anilines is 1. The van der Waals surface area contributed by atoms with Gasteiger partial charge in [0.2, 0.25) is 5.91 Å². The monoisotopic (exact) mass is 371 g/mol. The van der Waals surface area contributed by atoms with Crippen LogP contribution in [0.1, 0.15) is 32.1 Å². The van der Waals surface area contributed by atoms with E-state index in [1.54, 1.807) is 11.9 Å². The van der Waals surface area contributed by atoms with Gasteiger partial charge in [-0.1, -0.05) is 31.0 Å². The van der Waals surface area contributed by atoms with E-state index >= 15 is 0 Å². The molecular weight excluding hydrogens is 338 g/mol. The number of amides is 1. The maximum atomic E-state index is 12.7. The molecule has 27 heavy (non-hydrogen) atoms. The van der Waals surface area contributed by atoms with E-state index < -0.39 is 0 Å². The maximum Gasteiger partial charge on any atom is 0.230 e. The smallest absolute Gasteiger partial charge is 0.230 e. The predicted molar refractivity (Wildman–Crippen MR) is 111 cm³/mol. The van der Waals surface area contributed by atoms with Gasteiger partial charge in [-0.25, -0.2) is 0 Å². The summed E-state index contributed by atoms with van der Waals surface area (Å²) < 4.78 is 0. The molecule has 148 valence electrons. The molecule has 1 saturated carbocycles. The molecule has 1 unspecified atom stereocenters. The molecule has 1 amide bonds. The molecule has 2 aliphatic rings. The third kappa shape index (κ3) is 4.54. The Morgan fingerprint density at radius 2 is 1.96 bits per heavy atom. The highest BCUT2D eigenvalue weighted by Crippen LogP contribution is 2.38. The first-order chi connectivity index (χ1) is 13.0. The molecule has 0 bridgehead atoms. The van der Waals surface area contributed by atoms with Gasteiger partial charge in [0.25, 0.3) is 0 Å². The van der Waals surface area contributed by atoms with Gasteiger partial charge in [-0.15, -0.1) is 0 Å². The summed E-state index contributed by atoms with van der Waals surface area (Å²) in [5, 5.41) is 6.99. The van der Waals surface area contributed by atoms with E-state index in [2.05, 4.69) is 50.9 Å². The van der Waals surface area contributed by atoms with Gasteiger partial charge in [0.1, 0.15) is 0 Å². The van der Waals surface area contributed by atoms with Crippen LogP contribution in [0.5, 0.6) is 0 Å². The van der Waals surface area contributed by atoms with Crippen molar-refractivity contribution in [3.63, 3.8) is 0 Å². The lowest BCUT2D eigenvalue weighted by molar-refractivity contribution is -0.138. The molecule has 2 N–H and O–H groups in total. The lowest BCUT2D eigenvalue weighted by Crippen LogP contribution is -2.51. The Kier molecular flexibility index (Phi) is 6.24. The molecule has 0 radical (unpaired) electrons. The number of carbonyl (C=O) groups excluding carboxylic acids is 1. The van der Waals surface area contributed by atoms with E-state index in [-0.39, 0.29) is 11.3 Å². The van der Waals surface area contributed by atoms with Crippen molar-refractivity contribution in [1.82, 2.24) is 15.5 Å². The van der Waals surface area contributed by atoms with Crippen LogP contribution in [0.2, 0.25) is 0 Å². The van der Waals surface area contributed by atoms with Crippen LogP contribution in [0, 0.1) is 5.41 Å². The molecule has 1 atom stereocenters. The van der Waals surface area contributed by atoms with Crippen molar-refractivity contribution in [2.45, 2.75) is 38.1 Å². The Balaban J connectivity index is 1.55. The van der Waals surface area contributed by atoms with Crippen LogP contribution >= 0.6 is 0 Å². The molecule has 0 aromatic heterocycles. The molecule has 1 aromatic rings. The van der Waals surface area contributed by atoms with E-state index in [9.17, 15) is 4.79 Å². The van der Waals surface area contributed by atoms with Crippen molar-refractivity contribution in [3.8, 4) is 0 Å². The van der Waals surface area contributed by atoms with Crippen molar-refractivity contribution in [3.05, 3.63) is 30.3 Å². The number of hydrogen-bond acceptors (Lipinski definition) is 3. The number of hydrogen-bond donors (Lipinski definition) is 2. The molecule has 2 fully saturated rings. The molecule has 0 spiro atoms. The number of para-hydroxylation sites is 1. The zero-order valence-corrected chi connectivity index (χ0v) is 16.9. The minimum Gasteiger partial charge on any atom is -0.369 e. The van der Waals surface area contributed by atoms with Crippen molar-refractivity contribution in [1.29, 1.82) is 0 Å². The largest absolute Gasteiger partial charge is 0.369 e. The average molecular weight is 372 g/mol. The van der Waals surface area contributed by atoms with Gasteiger partial charge < -0.3 is 20.4 Å². The summed E-state index contributed by atoms with van der Waals surface area (Å²) in [5.41, 5.74) is 0.985. The van der Waals surface area contributed by atoms with E-state index in [4.69, 9.17) is 0 Å². The third-order valence-corrected chi connectivity index (χ3v) is 5.89. The summed E-state index contributed by atoms with van der Waals surface area (Å²) in [5.74, 6) is 1.03. The van der Waals surface area contributed by atoms with Gasteiger partial charge in [0.05, 0.1) is 5.41 Å². The fourth-order valence-electron chi connectivity index (χ4n) is 4.38. The number of nitrogens with zero attached hydrogens (tertiary/aromatic N) is 3. The first kappa shape index (κ1) is 19.5. The SMILES string of the molecule is CN=C(NCC1(C(=O)N(C)C)CCCC1)NC1CCN(c2ccccc2)C1. The molecular formula is C21H33N5O. The Hall–Kier alpha value is -2.24. The summed E-state index contributed by atoms with van der Waals surface area (Å²) >= 11 is 0. The first-order valence-electron chi connectivity index (χ1n) is 10.0. The second-order valence-corrected chi connectivity index (χ2v) is 8.02. The number of nitrogens with one attached hydrogen (secondary N) is 2. The van der Waals surface area contributed by atoms with Crippen molar-refractivity contribution >= 4 is 17.6 Å². The van der Waals surface area contributed by atoms with Gasteiger partial charge in [-0.3, -0.25) is 9.79 Å². The highest BCUT2D eigenvalue weighted by atomic mass is 16.2. The first-order valence-corrected chi connectivity index (χ1v) is 10.0. The van der Waals surface area contributed by atoms with Crippen LogP contribution in [0.3, 0.4) is 0 Å². The molecule has 1 aliphatic heterocycles. The van der Waals surface area contributed by atoms with Gasteiger partial charge in [-0.2, -0.15) is 0 Å². The molecule has 6 nitrogen and oxygen atoms in total. The lowest BCUT2D eigenvalue weighted by atomic mass is 9.84. The van der Waals surface area contributed by atoms with E-state index in [1.807, 2.05) is 14.1 Å². The highest BCUT2D eigenvalue weighted by Gasteiger charge is 2.42. The van der Waals surface area contributed by atoms with Gasteiger partial charge in [-0.05, 0) is 31.4 Å². The van der Waals surface area contributed by atoms with Gasteiger partial charge >= 0.3 is 0 Å². The molecule has 6 heteroatoms. The molecule has 1 saturated heterocycles. The number of benzene rings is 1. The maximum absolute atomic E-state index is 12.7. The van der Waals surface area contributed by atoms with Crippen LogP contribution in [0.15, 0.2) is 35.3 Å². The summed E-state index contributed by atoms with van der Waals surface area (Å²) in [6.45, 7) is 2.66. The minimum absolute atomic E-state index is 0.235. The summed E-state index contributed by atoms with van der Waals surface area (Å²) in [4.78, 5) is 21.3. The Bertz CT molecular complexity index is 652. The van der Waals surface area contributed by atoms with Crippen LogP contribution < -0.4 is 15.5 Å². The number of aliphatic imine (C=N–C) groups is 1. The number of carbonyl (C=O) groups is 1. The lowest BCUT2D eigenvalue weighted by Gasteiger charge is -2.31. The minimum atomic E-state index is -0.285. The Morgan fingerprint density at radius 3 is 2.59 bits per heavy atom. The number of guanidine groups is 1. The summed E-state index contributed by atoms with van der Waals surface area (Å²) in [7, 11) is 5.51. The standard InChI is InChI=1S/C21H33N5O/c1-22-20(23-16-21(12-7-8-13-21)19(27)25(2)3)24-17-11-14-26(15-17)18-9-5-4-6-10-18/h4-6,9-10,17H,7-8,11-16H2,1-3H3,(H2,22,23,24). The zero-order valence-electron chi connectivity index (χ0n) is 16.9. The van der Waals surface area contributed by atoms with Crippen LogP contribution in [0.4, 0.5) is 5.69 Å². The van der Waals surface area contributed by atoms with Crippen molar-refractivity contribution in [2.24, 2.45) is 10.4 Å². The second kappa shape index (κ2) is 8.63. The Morgan fingerprint density at radius 1 is 1.26 bits per heavy atom. The van der Waals surface area contributed by atoms with Gasteiger partial charge in [0, 0.05) is 52.5 Å². The fraction of sp³-hybridized carbons (Fsp3) is 0.619. The fourth-order valence-corrected chi connectivity index (χ4v) is 4.38. The average Bonchev–Trinajstić information content (AvgIpc) is 3.35. The molecule has 1 aliphatic carbocycles. The van der Waals surface area contributed by atoms with Crippen LogP contribution in [-0.4, -0.2) is 63.6 Å². The second-order valence-electron chi connectivity index (χ2n) is 8.02. The number of rotatable bonds is 5. The summed E-state index contributed by atoms with van der Waals surface area (Å²) in [6, 6.07) is 10.9. The van der Waals surface area contributed by atoms with Crippen LogP contribution in [-0.2, 0) is 4.79 Å². The molecule has 1 aromatic carbocycles. The Labute approximate surface area is 163 Å². The van der Waals surface area contributed by atoms with Crippen molar-refractivity contribution < 1.29 is 4.79 Å². The van der Waals surface area contributed by atoms with E-state index in [1.165, 1.54) is 5.69 Å². The highest BCUT2D eigenvalue weighted by molar-refractivity contribution is 5.85. The summed E-state index contributed by atoms with van der Waals surface area (Å²) in [6.07, 6.45) is 5.25. The van der Waals surface area contributed by atoms with E-state index in [0.29, 0.717) is 12.6 Å². The zero-order chi connectivity index (χ0) is 19.3. The van der Waals surface area contributed by atoms with E-state index in [0.717, 1.165) is 51.2 Å². The predicted octanol–water partition coefficient (Wildman–Crippen LogP) is 2.08. The normalized spacial score (nSPS) is 22.0. The topological polar surface area (TPSA) is 60.0 Å². The van der Waals surface area contributed by atoms with Crippen molar-refractivity contribution in [2.75, 3.05) is 45.7 Å². The van der Waals surface area contributed by atoms with Gasteiger partial charge in [0.15, 0.2) is 5.96 Å².